The second kappa shape index (κ2) is 6.64. The first-order valence-electron chi connectivity index (χ1n) is 6.31. The largest absolute Gasteiger partial charge is 0.494 e. The van der Waals surface area contributed by atoms with Crippen molar-refractivity contribution < 1.29 is 17.9 Å². The van der Waals surface area contributed by atoms with Crippen LogP contribution >= 0.6 is 11.6 Å². The Morgan fingerprint density at radius 1 is 1.48 bits per heavy atom. The predicted molar refractivity (Wildman–Crippen MR) is 81.2 cm³/mol. The van der Waals surface area contributed by atoms with Crippen LogP contribution in [-0.4, -0.2) is 39.4 Å². The molecule has 0 radical (unpaired) electrons. The average molecular weight is 335 g/mol. The highest BCUT2D eigenvalue weighted by Gasteiger charge is 2.26. The van der Waals surface area contributed by atoms with Gasteiger partial charge in [-0.1, -0.05) is 18.5 Å². The number of hydrogen-bond acceptors (Lipinski definition) is 4. The molecule has 0 saturated heterocycles. The molecule has 0 aliphatic carbocycles. The number of amides is 1. The zero-order valence-electron chi connectivity index (χ0n) is 12.4. The number of sulfonamides is 1. The first-order chi connectivity index (χ1) is 9.63. The molecule has 0 heterocycles. The quantitative estimate of drug-likeness (QED) is 0.890. The van der Waals surface area contributed by atoms with Crippen LogP contribution in [0.5, 0.6) is 5.75 Å². The van der Waals surface area contributed by atoms with Gasteiger partial charge in [0.2, 0.25) is 10.0 Å². The monoisotopic (exact) mass is 334 g/mol. The lowest BCUT2D eigenvalue weighted by Crippen LogP contribution is -2.35. The molecule has 0 bridgehead atoms. The first-order valence-corrected chi connectivity index (χ1v) is 8.23. The number of methoxy groups -OCH3 is 1. The molecule has 1 atom stereocenters. The van der Waals surface area contributed by atoms with Gasteiger partial charge in [-0.25, -0.2) is 13.6 Å². The Morgan fingerprint density at radius 3 is 2.48 bits per heavy atom. The first kappa shape index (κ1) is 17.7. The minimum Gasteiger partial charge on any atom is -0.494 e. The summed E-state index contributed by atoms with van der Waals surface area (Å²) in [6.45, 7) is 3.83. The second-order valence-electron chi connectivity index (χ2n) is 4.70. The number of rotatable bonds is 5. The molecular weight excluding hydrogens is 316 g/mol. The van der Waals surface area contributed by atoms with E-state index in [0.29, 0.717) is 0 Å². The zero-order valence-corrected chi connectivity index (χ0v) is 14.0. The molecule has 0 aliphatic rings. The summed E-state index contributed by atoms with van der Waals surface area (Å²) in [5.74, 6) is -0.476. The van der Waals surface area contributed by atoms with Crippen molar-refractivity contribution in [2.45, 2.75) is 31.2 Å². The fourth-order valence-electron chi connectivity index (χ4n) is 1.81. The van der Waals surface area contributed by atoms with E-state index in [1.165, 1.54) is 18.1 Å². The summed E-state index contributed by atoms with van der Waals surface area (Å²) in [7, 11) is -1.15. The predicted octanol–water partition coefficient (Wildman–Crippen LogP) is 1.87. The van der Waals surface area contributed by atoms with Gasteiger partial charge in [0, 0.05) is 18.1 Å². The molecule has 1 rings (SSSR count). The number of nitrogens with two attached hydrogens (primary N) is 1. The minimum atomic E-state index is -4.06. The number of ether oxygens (including phenoxy) is 1. The van der Waals surface area contributed by atoms with Gasteiger partial charge in [0.25, 0.3) is 5.91 Å². The maximum atomic E-state index is 12.5. The fraction of sp³-hybridized carbons (Fsp3) is 0.462. The van der Waals surface area contributed by atoms with Crippen molar-refractivity contribution in [2.24, 2.45) is 5.14 Å². The smallest absolute Gasteiger partial charge is 0.257 e. The summed E-state index contributed by atoms with van der Waals surface area (Å²) in [6.07, 6.45) is 0.757. The Balaban J connectivity index is 3.50. The van der Waals surface area contributed by atoms with E-state index < -0.39 is 10.0 Å². The molecule has 0 fully saturated rings. The molecule has 118 valence electrons. The Kier molecular flexibility index (Phi) is 5.61. The van der Waals surface area contributed by atoms with Gasteiger partial charge in [0.15, 0.2) is 5.75 Å². The van der Waals surface area contributed by atoms with Crippen molar-refractivity contribution in [2.75, 3.05) is 14.2 Å². The topological polar surface area (TPSA) is 89.7 Å². The van der Waals surface area contributed by atoms with Crippen LogP contribution in [0.3, 0.4) is 0 Å². The molecule has 8 heteroatoms. The molecular formula is C13H19ClN2O4S. The number of carbonyl (C=O) groups is 1. The lowest BCUT2D eigenvalue weighted by Gasteiger charge is -2.25. The molecule has 0 saturated carbocycles. The Labute approximate surface area is 129 Å². The maximum absolute atomic E-state index is 12.5. The SMILES string of the molecule is CCC(C)N(C)C(=O)c1cc(Cl)cc(S(N)(=O)=O)c1OC. The van der Waals surface area contributed by atoms with Crippen molar-refractivity contribution in [3.05, 3.63) is 22.7 Å². The van der Waals surface area contributed by atoms with Crippen LogP contribution in [0.4, 0.5) is 0 Å². The van der Waals surface area contributed by atoms with Crippen LogP contribution < -0.4 is 9.88 Å². The molecule has 0 aliphatic heterocycles. The van der Waals surface area contributed by atoms with Crippen LogP contribution in [0.15, 0.2) is 17.0 Å². The van der Waals surface area contributed by atoms with Crippen LogP contribution in [0, 0.1) is 0 Å². The van der Waals surface area contributed by atoms with Crippen molar-refractivity contribution >= 4 is 27.5 Å². The van der Waals surface area contributed by atoms with E-state index in [4.69, 9.17) is 21.5 Å². The highest BCUT2D eigenvalue weighted by Crippen LogP contribution is 2.32. The van der Waals surface area contributed by atoms with Crippen LogP contribution in [-0.2, 0) is 10.0 Å². The third-order valence-electron chi connectivity index (χ3n) is 3.33. The van der Waals surface area contributed by atoms with Crippen LogP contribution in [0.2, 0.25) is 5.02 Å². The third kappa shape index (κ3) is 3.87. The summed E-state index contributed by atoms with van der Waals surface area (Å²) in [5.41, 5.74) is 0.0665. The Hall–Kier alpha value is -1.31. The average Bonchev–Trinajstić information content (AvgIpc) is 2.42. The van der Waals surface area contributed by atoms with E-state index in [2.05, 4.69) is 0 Å². The van der Waals surface area contributed by atoms with E-state index in [1.54, 1.807) is 7.05 Å². The van der Waals surface area contributed by atoms with Crippen molar-refractivity contribution in [3.8, 4) is 5.75 Å². The Bertz CT molecular complexity index is 646. The molecule has 2 N–H and O–H groups in total. The molecule has 1 amide bonds. The molecule has 6 nitrogen and oxygen atoms in total. The van der Waals surface area contributed by atoms with E-state index in [0.717, 1.165) is 12.5 Å². The molecule has 21 heavy (non-hydrogen) atoms. The zero-order chi connectivity index (χ0) is 16.4. The van der Waals surface area contributed by atoms with Gasteiger partial charge in [-0.3, -0.25) is 4.79 Å². The van der Waals surface area contributed by atoms with Gasteiger partial charge in [0.1, 0.15) is 4.90 Å². The van der Waals surface area contributed by atoms with Gasteiger partial charge in [-0.05, 0) is 25.5 Å². The number of primary sulfonamides is 1. The molecule has 0 aromatic heterocycles. The van der Waals surface area contributed by atoms with Crippen LogP contribution in [0.25, 0.3) is 0 Å². The van der Waals surface area contributed by atoms with E-state index in [-0.39, 0.29) is 33.2 Å². The Morgan fingerprint density at radius 2 is 2.05 bits per heavy atom. The van der Waals surface area contributed by atoms with Crippen LogP contribution in [0.1, 0.15) is 30.6 Å². The lowest BCUT2D eigenvalue weighted by atomic mass is 10.1. The molecule has 0 spiro atoms. The highest BCUT2D eigenvalue weighted by atomic mass is 35.5. The van der Waals surface area contributed by atoms with Crippen molar-refractivity contribution in [3.63, 3.8) is 0 Å². The van der Waals surface area contributed by atoms with Crippen molar-refractivity contribution in [1.82, 2.24) is 4.90 Å². The summed E-state index contributed by atoms with van der Waals surface area (Å²) < 4.78 is 28.3. The van der Waals surface area contributed by atoms with Gasteiger partial charge in [0.05, 0.1) is 12.7 Å². The molecule has 1 unspecified atom stereocenters. The number of hydrogen-bond donors (Lipinski definition) is 1. The fourth-order valence-corrected chi connectivity index (χ4v) is 2.84. The normalized spacial score (nSPS) is 12.9. The third-order valence-corrected chi connectivity index (χ3v) is 4.47. The lowest BCUT2D eigenvalue weighted by molar-refractivity contribution is 0.0736. The molecule has 1 aromatic carbocycles. The van der Waals surface area contributed by atoms with Crippen molar-refractivity contribution in [1.29, 1.82) is 0 Å². The summed E-state index contributed by atoms with van der Waals surface area (Å²) in [5, 5.41) is 5.24. The van der Waals surface area contributed by atoms with E-state index in [9.17, 15) is 13.2 Å². The van der Waals surface area contributed by atoms with E-state index >= 15 is 0 Å². The maximum Gasteiger partial charge on any atom is 0.257 e. The van der Waals surface area contributed by atoms with E-state index in [1.807, 2.05) is 13.8 Å². The summed E-state index contributed by atoms with van der Waals surface area (Å²) >= 11 is 5.90. The highest BCUT2D eigenvalue weighted by molar-refractivity contribution is 7.89. The standard InChI is InChI=1S/C13H19ClN2O4S/c1-5-8(2)16(3)13(17)10-6-9(14)7-11(12(10)20-4)21(15,18)19/h6-8H,5H2,1-4H3,(H2,15,18,19). The number of halogens is 1. The van der Waals surface area contributed by atoms with Gasteiger partial charge in [-0.2, -0.15) is 0 Å². The molecule has 1 aromatic rings. The number of benzene rings is 1. The minimum absolute atomic E-state index is 0.0147. The second-order valence-corrected chi connectivity index (χ2v) is 6.67. The van der Waals surface area contributed by atoms with Gasteiger partial charge < -0.3 is 9.64 Å². The van der Waals surface area contributed by atoms with Gasteiger partial charge in [-0.15, -0.1) is 0 Å². The number of carbonyl (C=O) groups excluding carboxylic acids is 1. The summed E-state index contributed by atoms with van der Waals surface area (Å²) in [4.78, 5) is 13.7. The summed E-state index contributed by atoms with van der Waals surface area (Å²) in [6, 6.07) is 2.52. The number of nitrogens with zero attached hydrogens (tertiary/aromatic N) is 1. The van der Waals surface area contributed by atoms with Gasteiger partial charge >= 0.3 is 0 Å².